The number of thioether (sulfide) groups is 1. The van der Waals surface area contributed by atoms with Crippen LogP contribution in [0.5, 0.6) is 0 Å². The molecule has 2 aromatic carbocycles. The first-order chi connectivity index (χ1) is 14.0. The Morgan fingerprint density at radius 2 is 1.76 bits per heavy atom. The van der Waals surface area contributed by atoms with Gasteiger partial charge in [-0.2, -0.15) is 0 Å². The Kier molecular flexibility index (Phi) is 5.53. The summed E-state index contributed by atoms with van der Waals surface area (Å²) in [6.45, 7) is 0.744. The van der Waals surface area contributed by atoms with Gasteiger partial charge in [-0.1, -0.05) is 24.3 Å². The van der Waals surface area contributed by atoms with Crippen molar-refractivity contribution in [3.8, 4) is 0 Å². The third kappa shape index (κ3) is 4.27. The van der Waals surface area contributed by atoms with E-state index in [0.29, 0.717) is 30.3 Å². The summed E-state index contributed by atoms with van der Waals surface area (Å²) in [6.07, 6.45) is 0. The highest BCUT2D eigenvalue weighted by Gasteiger charge is 2.42. The maximum Gasteiger partial charge on any atom is 0.251 e. The summed E-state index contributed by atoms with van der Waals surface area (Å²) >= 11 is 1.60. The van der Waals surface area contributed by atoms with Gasteiger partial charge in [0.15, 0.2) is 0 Å². The number of carbonyl (C=O) groups excluding carboxylic acids is 3. The molecule has 2 heterocycles. The second kappa shape index (κ2) is 8.24. The van der Waals surface area contributed by atoms with Crippen LogP contribution >= 0.6 is 11.8 Å². The van der Waals surface area contributed by atoms with Gasteiger partial charge in [-0.3, -0.25) is 14.4 Å². The van der Waals surface area contributed by atoms with Crippen molar-refractivity contribution in [3.63, 3.8) is 0 Å². The van der Waals surface area contributed by atoms with Crippen molar-refractivity contribution in [2.75, 3.05) is 18.2 Å². The zero-order valence-corrected chi connectivity index (χ0v) is 16.5. The molecule has 1 unspecified atom stereocenters. The molecule has 2 aliphatic rings. The van der Waals surface area contributed by atoms with E-state index in [1.54, 1.807) is 58.0 Å². The van der Waals surface area contributed by atoms with Crippen LogP contribution in [0.15, 0.2) is 48.5 Å². The van der Waals surface area contributed by atoms with Crippen LogP contribution < -0.4 is 5.32 Å². The first-order valence-electron chi connectivity index (χ1n) is 9.29. The topological polar surface area (TPSA) is 69.7 Å². The maximum atomic E-state index is 12.9. The van der Waals surface area contributed by atoms with Crippen LogP contribution in [0.25, 0.3) is 0 Å². The summed E-state index contributed by atoms with van der Waals surface area (Å²) in [6, 6.07) is 12.6. The number of hydrogen-bond donors (Lipinski definition) is 1. The number of halogens is 1. The molecular weight excluding hydrogens is 393 g/mol. The van der Waals surface area contributed by atoms with Crippen molar-refractivity contribution in [2.24, 2.45) is 0 Å². The zero-order valence-electron chi connectivity index (χ0n) is 15.6. The van der Waals surface area contributed by atoms with Crippen LogP contribution in [-0.2, 0) is 22.7 Å². The van der Waals surface area contributed by atoms with Gasteiger partial charge in [-0.05, 0) is 35.4 Å². The molecule has 2 saturated heterocycles. The van der Waals surface area contributed by atoms with Gasteiger partial charge < -0.3 is 15.1 Å². The van der Waals surface area contributed by atoms with E-state index >= 15 is 0 Å². The number of nitrogens with zero attached hydrogens (tertiary/aromatic N) is 2. The van der Waals surface area contributed by atoms with Gasteiger partial charge in [0.2, 0.25) is 11.8 Å². The van der Waals surface area contributed by atoms with Crippen molar-refractivity contribution in [1.82, 2.24) is 15.1 Å². The molecule has 1 atom stereocenters. The lowest BCUT2D eigenvalue weighted by Crippen LogP contribution is -2.57. The van der Waals surface area contributed by atoms with E-state index in [4.69, 9.17) is 0 Å². The van der Waals surface area contributed by atoms with E-state index in [1.165, 1.54) is 12.1 Å². The Bertz CT molecular complexity index is 933. The van der Waals surface area contributed by atoms with E-state index in [9.17, 15) is 18.8 Å². The van der Waals surface area contributed by atoms with Crippen LogP contribution in [-0.4, -0.2) is 51.7 Å². The summed E-state index contributed by atoms with van der Waals surface area (Å²) in [7, 11) is 0. The molecule has 4 rings (SSSR count). The van der Waals surface area contributed by atoms with Gasteiger partial charge in [0.25, 0.3) is 5.91 Å². The van der Waals surface area contributed by atoms with Gasteiger partial charge in [0, 0.05) is 24.4 Å². The predicted molar refractivity (Wildman–Crippen MR) is 107 cm³/mol. The lowest BCUT2D eigenvalue weighted by molar-refractivity contribution is -0.153. The molecule has 0 spiro atoms. The van der Waals surface area contributed by atoms with Crippen LogP contribution in [0.3, 0.4) is 0 Å². The molecule has 0 radical (unpaired) electrons. The molecule has 0 saturated carbocycles. The molecule has 150 valence electrons. The lowest BCUT2D eigenvalue weighted by atomic mass is 10.1. The van der Waals surface area contributed by atoms with Gasteiger partial charge >= 0.3 is 0 Å². The SMILES string of the molecule is O=C(NCc1ccc(F)cc1)c1ccc(CN2CC(=O)N3CSCC3C2=O)cc1. The fraction of sp³-hybridized carbons (Fsp3) is 0.286. The second-order valence-electron chi connectivity index (χ2n) is 7.08. The first-order valence-corrected chi connectivity index (χ1v) is 10.4. The third-order valence-electron chi connectivity index (χ3n) is 5.08. The molecule has 6 nitrogen and oxygen atoms in total. The summed E-state index contributed by atoms with van der Waals surface area (Å²) < 4.78 is 12.9. The number of piperazine rings is 1. The minimum absolute atomic E-state index is 0.0172. The minimum Gasteiger partial charge on any atom is -0.348 e. The van der Waals surface area contributed by atoms with Crippen LogP contribution in [0.2, 0.25) is 0 Å². The summed E-state index contributed by atoms with van der Waals surface area (Å²) in [5.74, 6) is 0.652. The molecular formula is C21H20FN3O3S. The number of nitrogens with one attached hydrogen (secondary N) is 1. The Morgan fingerprint density at radius 1 is 1.07 bits per heavy atom. The number of hydrogen-bond acceptors (Lipinski definition) is 4. The van der Waals surface area contributed by atoms with Crippen molar-refractivity contribution in [2.45, 2.75) is 19.1 Å². The van der Waals surface area contributed by atoms with Gasteiger partial charge in [0.05, 0.1) is 5.88 Å². The predicted octanol–water partition coefficient (Wildman–Crippen LogP) is 2.00. The number of carbonyl (C=O) groups is 3. The highest BCUT2D eigenvalue weighted by atomic mass is 32.2. The fourth-order valence-electron chi connectivity index (χ4n) is 3.44. The van der Waals surface area contributed by atoms with E-state index in [0.717, 1.165) is 11.1 Å². The van der Waals surface area contributed by atoms with Gasteiger partial charge in [-0.15, -0.1) is 11.8 Å². The molecule has 0 bridgehead atoms. The number of rotatable bonds is 5. The van der Waals surface area contributed by atoms with Crippen molar-refractivity contribution < 1.29 is 18.8 Å². The second-order valence-corrected chi connectivity index (χ2v) is 8.08. The lowest BCUT2D eigenvalue weighted by Gasteiger charge is -2.35. The van der Waals surface area contributed by atoms with E-state index < -0.39 is 0 Å². The fourth-order valence-corrected chi connectivity index (χ4v) is 4.61. The largest absolute Gasteiger partial charge is 0.348 e. The maximum absolute atomic E-state index is 12.9. The van der Waals surface area contributed by atoms with Gasteiger partial charge in [-0.25, -0.2) is 4.39 Å². The van der Waals surface area contributed by atoms with Crippen LogP contribution in [0.4, 0.5) is 4.39 Å². The highest BCUT2D eigenvalue weighted by Crippen LogP contribution is 2.26. The average molecular weight is 413 g/mol. The Morgan fingerprint density at radius 3 is 2.48 bits per heavy atom. The minimum atomic E-state index is -0.349. The first kappa shape index (κ1) is 19.4. The molecule has 2 fully saturated rings. The Balaban J connectivity index is 1.35. The van der Waals surface area contributed by atoms with Crippen LogP contribution in [0, 0.1) is 5.82 Å². The monoisotopic (exact) mass is 413 g/mol. The number of amides is 3. The molecule has 2 aliphatic heterocycles. The average Bonchev–Trinajstić information content (AvgIpc) is 3.23. The van der Waals surface area contributed by atoms with Crippen molar-refractivity contribution in [3.05, 3.63) is 71.0 Å². The van der Waals surface area contributed by atoms with E-state index in [2.05, 4.69) is 5.32 Å². The highest BCUT2D eigenvalue weighted by molar-refractivity contribution is 7.99. The normalized spacial score (nSPS) is 18.7. The van der Waals surface area contributed by atoms with Crippen LogP contribution in [0.1, 0.15) is 21.5 Å². The molecule has 29 heavy (non-hydrogen) atoms. The van der Waals surface area contributed by atoms with E-state index in [1.807, 2.05) is 0 Å². The molecule has 0 aromatic heterocycles. The molecule has 2 aromatic rings. The molecule has 1 N–H and O–H groups in total. The summed E-state index contributed by atoms with van der Waals surface area (Å²) in [5, 5.41) is 2.80. The number of fused-ring (bicyclic) bond motifs is 1. The Labute approximate surface area is 172 Å². The zero-order chi connectivity index (χ0) is 20.4. The number of benzene rings is 2. The quantitative estimate of drug-likeness (QED) is 0.814. The Hall–Kier alpha value is -2.87. The molecule has 0 aliphatic carbocycles. The summed E-state index contributed by atoms with van der Waals surface area (Å²) in [4.78, 5) is 40.4. The van der Waals surface area contributed by atoms with Crippen molar-refractivity contribution >= 4 is 29.5 Å². The standard InChI is InChI=1S/C21H20FN3O3S/c22-17-7-3-14(4-8-17)9-23-20(27)16-5-1-15(2-6-16)10-24-11-19(26)25-13-29-12-18(25)21(24)28/h1-8,18H,9-13H2,(H,23,27). The smallest absolute Gasteiger partial charge is 0.251 e. The molecule has 8 heteroatoms. The van der Waals surface area contributed by atoms with Gasteiger partial charge in [0.1, 0.15) is 18.4 Å². The summed E-state index contributed by atoms with van der Waals surface area (Å²) in [5.41, 5.74) is 2.17. The molecule has 3 amide bonds. The van der Waals surface area contributed by atoms with E-state index in [-0.39, 0.29) is 36.1 Å². The third-order valence-corrected chi connectivity index (χ3v) is 6.09. The van der Waals surface area contributed by atoms with Crippen molar-refractivity contribution in [1.29, 1.82) is 0 Å².